The van der Waals surface area contributed by atoms with Crippen molar-refractivity contribution in [2.75, 3.05) is 20.3 Å². The lowest BCUT2D eigenvalue weighted by Crippen LogP contribution is -2.57. The topological polar surface area (TPSA) is 56.5 Å². The summed E-state index contributed by atoms with van der Waals surface area (Å²) in [6.07, 6.45) is -3.24. The molecule has 0 spiro atoms. The van der Waals surface area contributed by atoms with Gasteiger partial charge in [0.1, 0.15) is 0 Å². The number of hydrazine groups is 1. The fraction of sp³-hybridized carbons (Fsp3) is 1.00. The van der Waals surface area contributed by atoms with Gasteiger partial charge in [-0.3, -0.25) is 11.3 Å². The molecule has 1 fully saturated rings. The lowest BCUT2D eigenvalue weighted by Gasteiger charge is -2.42. The predicted molar refractivity (Wildman–Crippen MR) is 60.8 cm³/mol. The summed E-state index contributed by atoms with van der Waals surface area (Å²) in [5.41, 5.74) is 2.09. The van der Waals surface area contributed by atoms with Crippen LogP contribution in [0.4, 0.5) is 13.2 Å². The van der Waals surface area contributed by atoms with E-state index in [0.717, 1.165) is 0 Å². The Balaban J connectivity index is 2.52. The molecule has 0 aromatic rings. The number of hydrogen-bond donors (Lipinski definition) is 2. The van der Waals surface area contributed by atoms with Gasteiger partial charge in [0.15, 0.2) is 0 Å². The minimum atomic E-state index is -4.12. The Hall–Kier alpha value is -0.370. The van der Waals surface area contributed by atoms with Crippen LogP contribution in [0.15, 0.2) is 0 Å². The van der Waals surface area contributed by atoms with Crippen LogP contribution in [0, 0.1) is 0 Å². The van der Waals surface area contributed by atoms with E-state index < -0.39 is 18.2 Å². The number of hydrogen-bond acceptors (Lipinski definition) is 4. The van der Waals surface area contributed by atoms with Crippen LogP contribution in [0.3, 0.4) is 0 Å². The number of alkyl halides is 3. The summed E-state index contributed by atoms with van der Waals surface area (Å²) in [4.78, 5) is 0. The smallest absolute Gasteiger partial charge is 0.381 e. The van der Waals surface area contributed by atoms with Crippen LogP contribution < -0.4 is 11.3 Å². The number of nitrogens with two attached hydrogens (primary N) is 1. The van der Waals surface area contributed by atoms with E-state index in [9.17, 15) is 13.2 Å². The largest absolute Gasteiger partial charge is 0.389 e. The minimum Gasteiger partial charge on any atom is -0.381 e. The third-order valence-corrected chi connectivity index (χ3v) is 3.53. The maximum absolute atomic E-state index is 12.1. The van der Waals surface area contributed by atoms with Crippen molar-refractivity contribution in [1.29, 1.82) is 0 Å². The Labute approximate surface area is 105 Å². The first-order valence-electron chi connectivity index (χ1n) is 6.09. The van der Waals surface area contributed by atoms with Crippen molar-refractivity contribution in [3.05, 3.63) is 0 Å². The molecule has 0 aromatic heterocycles. The molecule has 3 N–H and O–H groups in total. The number of methoxy groups -OCH3 is 1. The zero-order chi connectivity index (χ0) is 13.6. The maximum atomic E-state index is 12.1. The standard InChI is InChI=1S/C11H21F3N2O2/c1-17-10(5-7-18-8-6-10)9(16-15)3-2-4-11(12,13)14/h9,16H,2-8,15H2,1H3. The van der Waals surface area contributed by atoms with E-state index >= 15 is 0 Å². The Morgan fingerprint density at radius 3 is 2.44 bits per heavy atom. The van der Waals surface area contributed by atoms with E-state index in [0.29, 0.717) is 32.5 Å². The highest BCUT2D eigenvalue weighted by molar-refractivity contribution is 4.94. The second-order valence-electron chi connectivity index (χ2n) is 4.61. The van der Waals surface area contributed by atoms with Gasteiger partial charge in [0.2, 0.25) is 0 Å². The Morgan fingerprint density at radius 2 is 2.00 bits per heavy atom. The van der Waals surface area contributed by atoms with E-state index in [-0.39, 0.29) is 12.5 Å². The normalized spacial score (nSPS) is 21.8. The van der Waals surface area contributed by atoms with Crippen molar-refractivity contribution < 1.29 is 22.6 Å². The molecule has 1 saturated heterocycles. The van der Waals surface area contributed by atoms with Gasteiger partial charge in [-0.2, -0.15) is 13.2 Å². The van der Waals surface area contributed by atoms with Crippen molar-refractivity contribution in [2.24, 2.45) is 5.84 Å². The average molecular weight is 270 g/mol. The van der Waals surface area contributed by atoms with Crippen LogP contribution in [-0.4, -0.2) is 38.1 Å². The molecule has 1 heterocycles. The second-order valence-corrected chi connectivity index (χ2v) is 4.61. The third kappa shape index (κ3) is 4.38. The Kier molecular flexibility index (Phi) is 5.84. The highest BCUT2D eigenvalue weighted by atomic mass is 19.4. The summed E-state index contributed by atoms with van der Waals surface area (Å²) in [5, 5.41) is 0. The molecule has 1 aliphatic rings. The van der Waals surface area contributed by atoms with Gasteiger partial charge < -0.3 is 9.47 Å². The van der Waals surface area contributed by atoms with Crippen molar-refractivity contribution in [3.63, 3.8) is 0 Å². The first-order chi connectivity index (χ1) is 8.43. The molecular weight excluding hydrogens is 249 g/mol. The second kappa shape index (κ2) is 6.70. The van der Waals surface area contributed by atoms with Gasteiger partial charge in [0.05, 0.1) is 11.6 Å². The summed E-state index contributed by atoms with van der Waals surface area (Å²) < 4.78 is 47.1. The van der Waals surface area contributed by atoms with Crippen LogP contribution in [0.5, 0.6) is 0 Å². The van der Waals surface area contributed by atoms with E-state index in [4.69, 9.17) is 15.3 Å². The van der Waals surface area contributed by atoms with Gasteiger partial charge in [-0.1, -0.05) is 0 Å². The Morgan fingerprint density at radius 1 is 1.39 bits per heavy atom. The van der Waals surface area contributed by atoms with Crippen molar-refractivity contribution in [3.8, 4) is 0 Å². The van der Waals surface area contributed by atoms with Gasteiger partial charge in [0, 0.05) is 39.6 Å². The van der Waals surface area contributed by atoms with E-state index in [1.165, 1.54) is 0 Å². The van der Waals surface area contributed by atoms with Gasteiger partial charge in [-0.05, 0) is 12.8 Å². The molecule has 1 atom stereocenters. The number of ether oxygens (including phenoxy) is 2. The van der Waals surface area contributed by atoms with Gasteiger partial charge >= 0.3 is 6.18 Å². The van der Waals surface area contributed by atoms with Crippen LogP contribution >= 0.6 is 0 Å². The monoisotopic (exact) mass is 270 g/mol. The zero-order valence-electron chi connectivity index (χ0n) is 10.6. The average Bonchev–Trinajstić information content (AvgIpc) is 2.34. The SMILES string of the molecule is COC1(C(CCCC(F)(F)F)NN)CCOCC1. The quantitative estimate of drug-likeness (QED) is 0.570. The molecule has 0 amide bonds. The predicted octanol–water partition coefficient (Wildman–Crippen LogP) is 1.75. The van der Waals surface area contributed by atoms with Crippen LogP contribution in [0.1, 0.15) is 32.1 Å². The van der Waals surface area contributed by atoms with E-state index in [1.807, 2.05) is 0 Å². The highest BCUT2D eigenvalue weighted by Crippen LogP contribution is 2.31. The van der Waals surface area contributed by atoms with Crippen molar-refractivity contribution in [1.82, 2.24) is 5.43 Å². The minimum absolute atomic E-state index is 0.0460. The third-order valence-electron chi connectivity index (χ3n) is 3.53. The van der Waals surface area contributed by atoms with Gasteiger partial charge in [-0.15, -0.1) is 0 Å². The molecule has 18 heavy (non-hydrogen) atoms. The van der Waals surface area contributed by atoms with Crippen LogP contribution in [0.2, 0.25) is 0 Å². The van der Waals surface area contributed by atoms with Crippen LogP contribution in [0.25, 0.3) is 0 Å². The molecule has 0 aromatic carbocycles. The summed E-state index contributed by atoms with van der Waals surface area (Å²) in [6, 6.07) is -0.284. The molecule has 1 rings (SSSR count). The molecule has 1 unspecified atom stereocenters. The zero-order valence-corrected chi connectivity index (χ0v) is 10.6. The van der Waals surface area contributed by atoms with Gasteiger partial charge in [0.25, 0.3) is 0 Å². The Bertz CT molecular complexity index is 243. The molecule has 0 saturated carbocycles. The number of rotatable bonds is 6. The van der Waals surface area contributed by atoms with Crippen molar-refractivity contribution >= 4 is 0 Å². The lowest BCUT2D eigenvalue weighted by atomic mass is 9.83. The molecule has 0 radical (unpaired) electrons. The summed E-state index contributed by atoms with van der Waals surface area (Å²) >= 11 is 0. The number of nitrogens with one attached hydrogen (secondary N) is 1. The van der Waals surface area contributed by atoms with E-state index in [1.54, 1.807) is 7.11 Å². The summed E-state index contributed by atoms with van der Waals surface area (Å²) in [5.74, 6) is 5.46. The molecule has 7 heteroatoms. The highest BCUT2D eigenvalue weighted by Gasteiger charge is 2.40. The number of halogens is 3. The first-order valence-corrected chi connectivity index (χ1v) is 6.09. The lowest BCUT2D eigenvalue weighted by molar-refractivity contribution is -0.139. The van der Waals surface area contributed by atoms with Gasteiger partial charge in [-0.25, -0.2) is 0 Å². The molecule has 108 valence electrons. The van der Waals surface area contributed by atoms with Crippen LogP contribution in [-0.2, 0) is 9.47 Å². The van der Waals surface area contributed by atoms with Crippen molar-refractivity contribution in [2.45, 2.75) is 49.9 Å². The summed E-state index contributed by atoms with van der Waals surface area (Å²) in [7, 11) is 1.57. The summed E-state index contributed by atoms with van der Waals surface area (Å²) in [6.45, 7) is 1.09. The molecule has 4 nitrogen and oxygen atoms in total. The fourth-order valence-electron chi connectivity index (χ4n) is 2.42. The molecule has 0 bridgehead atoms. The van der Waals surface area contributed by atoms with E-state index in [2.05, 4.69) is 5.43 Å². The first kappa shape index (κ1) is 15.7. The molecule has 1 aliphatic heterocycles. The maximum Gasteiger partial charge on any atom is 0.389 e. The molecule has 0 aliphatic carbocycles. The molecular formula is C11H21F3N2O2. The fourth-order valence-corrected chi connectivity index (χ4v) is 2.42.